The SMILES string of the molecule is CC(NC(=O)c1ccco1)C(=O)N[C@@H]1COC(=O)C1. The Morgan fingerprint density at radius 1 is 1.47 bits per heavy atom. The maximum atomic E-state index is 11.8. The van der Waals surface area contributed by atoms with Crippen LogP contribution < -0.4 is 10.6 Å². The van der Waals surface area contributed by atoms with E-state index in [1.165, 1.54) is 12.3 Å². The second-order valence-electron chi connectivity index (χ2n) is 4.27. The maximum absolute atomic E-state index is 11.8. The molecule has 1 aromatic rings. The molecule has 1 unspecified atom stereocenters. The average molecular weight is 266 g/mol. The van der Waals surface area contributed by atoms with Gasteiger partial charge in [-0.3, -0.25) is 14.4 Å². The Morgan fingerprint density at radius 2 is 2.26 bits per heavy atom. The van der Waals surface area contributed by atoms with Crippen LogP contribution in [0.1, 0.15) is 23.9 Å². The average Bonchev–Trinajstić information content (AvgIpc) is 3.00. The van der Waals surface area contributed by atoms with Crippen molar-refractivity contribution in [1.82, 2.24) is 10.6 Å². The zero-order chi connectivity index (χ0) is 13.8. The number of esters is 1. The lowest BCUT2D eigenvalue weighted by Gasteiger charge is -2.15. The van der Waals surface area contributed by atoms with E-state index in [0.717, 1.165) is 0 Å². The van der Waals surface area contributed by atoms with Crippen LogP contribution in [0.3, 0.4) is 0 Å². The van der Waals surface area contributed by atoms with E-state index in [9.17, 15) is 14.4 Å². The highest BCUT2D eigenvalue weighted by molar-refractivity contribution is 5.95. The molecule has 2 heterocycles. The van der Waals surface area contributed by atoms with Gasteiger partial charge in [-0.25, -0.2) is 0 Å². The summed E-state index contributed by atoms with van der Waals surface area (Å²) in [6, 6.07) is 2.03. The van der Waals surface area contributed by atoms with Gasteiger partial charge in [-0.1, -0.05) is 0 Å². The van der Waals surface area contributed by atoms with Crippen molar-refractivity contribution in [2.75, 3.05) is 6.61 Å². The van der Waals surface area contributed by atoms with E-state index in [1.54, 1.807) is 13.0 Å². The third-order valence-electron chi connectivity index (χ3n) is 2.69. The number of cyclic esters (lactones) is 1. The predicted molar refractivity (Wildman–Crippen MR) is 63.1 cm³/mol. The molecule has 7 nitrogen and oxygen atoms in total. The molecule has 0 radical (unpaired) electrons. The van der Waals surface area contributed by atoms with Crippen LogP contribution in [0.4, 0.5) is 0 Å². The second-order valence-corrected chi connectivity index (χ2v) is 4.27. The zero-order valence-corrected chi connectivity index (χ0v) is 10.3. The molecule has 0 aromatic carbocycles. The van der Waals surface area contributed by atoms with Gasteiger partial charge in [0, 0.05) is 0 Å². The number of carbonyl (C=O) groups excluding carboxylic acids is 3. The lowest BCUT2D eigenvalue weighted by atomic mass is 10.2. The Labute approximate surface area is 109 Å². The van der Waals surface area contributed by atoms with E-state index >= 15 is 0 Å². The van der Waals surface area contributed by atoms with Crippen LogP contribution in [-0.4, -0.2) is 36.5 Å². The molecule has 1 aromatic heterocycles. The number of furan rings is 1. The van der Waals surface area contributed by atoms with Gasteiger partial charge in [0.15, 0.2) is 5.76 Å². The summed E-state index contributed by atoms with van der Waals surface area (Å²) < 4.78 is 9.65. The van der Waals surface area contributed by atoms with Crippen molar-refractivity contribution >= 4 is 17.8 Å². The second kappa shape index (κ2) is 5.55. The zero-order valence-electron chi connectivity index (χ0n) is 10.3. The topological polar surface area (TPSA) is 97.6 Å². The van der Waals surface area contributed by atoms with Crippen molar-refractivity contribution in [2.45, 2.75) is 25.4 Å². The van der Waals surface area contributed by atoms with Crippen LogP contribution >= 0.6 is 0 Å². The van der Waals surface area contributed by atoms with Gasteiger partial charge in [0.25, 0.3) is 5.91 Å². The first-order chi connectivity index (χ1) is 9.06. The van der Waals surface area contributed by atoms with Crippen molar-refractivity contribution in [3.05, 3.63) is 24.2 Å². The standard InChI is InChI=1S/C12H14N2O5/c1-7(13-12(17)9-3-2-4-18-9)11(16)14-8-5-10(15)19-6-8/h2-4,7-8H,5-6H2,1H3,(H,13,17)(H,14,16)/t7?,8-/m0/s1. The Kier molecular flexibility index (Phi) is 3.84. The fourth-order valence-corrected chi connectivity index (χ4v) is 1.67. The minimum atomic E-state index is -0.728. The number of ether oxygens (including phenoxy) is 1. The largest absolute Gasteiger partial charge is 0.463 e. The molecule has 2 atom stereocenters. The maximum Gasteiger partial charge on any atom is 0.308 e. The van der Waals surface area contributed by atoms with Gasteiger partial charge in [-0.15, -0.1) is 0 Å². The quantitative estimate of drug-likeness (QED) is 0.737. The first-order valence-electron chi connectivity index (χ1n) is 5.86. The summed E-state index contributed by atoms with van der Waals surface area (Å²) in [6.45, 7) is 1.72. The van der Waals surface area contributed by atoms with Gasteiger partial charge in [0.1, 0.15) is 12.6 Å². The number of hydrogen-bond donors (Lipinski definition) is 2. The fraction of sp³-hybridized carbons (Fsp3) is 0.417. The van der Waals surface area contributed by atoms with Gasteiger partial charge in [0.05, 0.1) is 18.7 Å². The lowest BCUT2D eigenvalue weighted by Crippen LogP contribution is -2.48. The summed E-state index contributed by atoms with van der Waals surface area (Å²) in [5, 5.41) is 5.13. The van der Waals surface area contributed by atoms with Crippen LogP contribution in [0, 0.1) is 0 Å². The van der Waals surface area contributed by atoms with Gasteiger partial charge in [0.2, 0.25) is 5.91 Å². The molecule has 1 fully saturated rings. The molecule has 1 aliphatic rings. The van der Waals surface area contributed by atoms with E-state index in [0.29, 0.717) is 0 Å². The summed E-state index contributed by atoms with van der Waals surface area (Å²) >= 11 is 0. The van der Waals surface area contributed by atoms with Crippen molar-refractivity contribution < 1.29 is 23.5 Å². The Morgan fingerprint density at radius 3 is 2.84 bits per heavy atom. The molecule has 2 N–H and O–H groups in total. The minimum Gasteiger partial charge on any atom is -0.463 e. The Hall–Kier alpha value is -2.31. The predicted octanol–water partition coefficient (Wildman–Crippen LogP) is -0.170. The third-order valence-corrected chi connectivity index (χ3v) is 2.69. The molecule has 0 aliphatic carbocycles. The molecular formula is C12H14N2O5. The highest BCUT2D eigenvalue weighted by atomic mass is 16.5. The number of carbonyl (C=O) groups is 3. The lowest BCUT2D eigenvalue weighted by molar-refractivity contribution is -0.138. The van der Waals surface area contributed by atoms with Crippen molar-refractivity contribution in [3.63, 3.8) is 0 Å². The molecule has 2 rings (SSSR count). The number of amides is 2. The van der Waals surface area contributed by atoms with E-state index in [1.807, 2.05) is 0 Å². The molecule has 0 bridgehead atoms. The number of rotatable bonds is 4. The Bertz CT molecular complexity index is 482. The molecule has 19 heavy (non-hydrogen) atoms. The fourth-order valence-electron chi connectivity index (χ4n) is 1.67. The third kappa shape index (κ3) is 3.34. The van der Waals surface area contributed by atoms with Crippen LogP contribution in [0.15, 0.2) is 22.8 Å². The highest BCUT2D eigenvalue weighted by Gasteiger charge is 2.27. The smallest absolute Gasteiger partial charge is 0.308 e. The van der Waals surface area contributed by atoms with Crippen molar-refractivity contribution in [2.24, 2.45) is 0 Å². The molecule has 102 valence electrons. The molecular weight excluding hydrogens is 252 g/mol. The Balaban J connectivity index is 1.82. The summed E-state index contributed by atoms with van der Waals surface area (Å²) in [5.74, 6) is -1.04. The summed E-state index contributed by atoms with van der Waals surface area (Å²) in [6.07, 6.45) is 1.53. The van der Waals surface area contributed by atoms with Gasteiger partial charge < -0.3 is 19.8 Å². The first-order valence-corrected chi connectivity index (χ1v) is 5.86. The van der Waals surface area contributed by atoms with E-state index in [4.69, 9.17) is 9.15 Å². The monoisotopic (exact) mass is 266 g/mol. The van der Waals surface area contributed by atoms with Crippen LogP contribution in [0.2, 0.25) is 0 Å². The summed E-state index contributed by atoms with van der Waals surface area (Å²) in [5.41, 5.74) is 0. The summed E-state index contributed by atoms with van der Waals surface area (Å²) in [4.78, 5) is 34.3. The first kappa shape index (κ1) is 13.1. The molecule has 0 spiro atoms. The number of hydrogen-bond acceptors (Lipinski definition) is 5. The normalized spacial score (nSPS) is 19.6. The van der Waals surface area contributed by atoms with E-state index < -0.39 is 11.9 Å². The molecule has 0 saturated carbocycles. The minimum absolute atomic E-state index is 0.138. The van der Waals surface area contributed by atoms with E-state index in [2.05, 4.69) is 10.6 Å². The summed E-state index contributed by atoms with van der Waals surface area (Å²) in [7, 11) is 0. The van der Waals surface area contributed by atoms with Crippen molar-refractivity contribution in [1.29, 1.82) is 0 Å². The van der Waals surface area contributed by atoms with Crippen LogP contribution in [0.5, 0.6) is 0 Å². The van der Waals surface area contributed by atoms with Crippen LogP contribution in [0.25, 0.3) is 0 Å². The van der Waals surface area contributed by atoms with Gasteiger partial charge in [-0.2, -0.15) is 0 Å². The molecule has 1 saturated heterocycles. The molecule has 7 heteroatoms. The van der Waals surface area contributed by atoms with Crippen molar-refractivity contribution in [3.8, 4) is 0 Å². The molecule has 1 aliphatic heterocycles. The van der Waals surface area contributed by atoms with Gasteiger partial charge in [-0.05, 0) is 19.1 Å². The van der Waals surface area contributed by atoms with Crippen LogP contribution in [-0.2, 0) is 14.3 Å². The number of nitrogens with one attached hydrogen (secondary N) is 2. The highest BCUT2D eigenvalue weighted by Crippen LogP contribution is 2.06. The van der Waals surface area contributed by atoms with E-state index in [-0.39, 0.29) is 36.7 Å². The molecule has 2 amide bonds. The van der Waals surface area contributed by atoms with Gasteiger partial charge >= 0.3 is 5.97 Å².